The van der Waals surface area contributed by atoms with Crippen LogP contribution in [0.2, 0.25) is 0 Å². The first-order chi connectivity index (χ1) is 12.0. The highest BCUT2D eigenvalue weighted by Crippen LogP contribution is 2.18. The number of aliphatic hydroxyl groups excluding tert-OH is 1. The summed E-state index contributed by atoms with van der Waals surface area (Å²) in [6.07, 6.45) is 0.901. The van der Waals surface area contributed by atoms with Gasteiger partial charge in [0.15, 0.2) is 0 Å². The topological polar surface area (TPSA) is 87.2 Å². The Labute approximate surface area is 145 Å². The Morgan fingerprint density at radius 3 is 2.72 bits per heavy atom. The van der Waals surface area contributed by atoms with Gasteiger partial charge in [0, 0.05) is 12.1 Å². The summed E-state index contributed by atoms with van der Waals surface area (Å²) >= 11 is 0. The summed E-state index contributed by atoms with van der Waals surface area (Å²) < 4.78 is 5.57. The number of rotatable bonds is 6. The van der Waals surface area contributed by atoms with E-state index < -0.39 is 6.10 Å². The third kappa shape index (κ3) is 4.16. The summed E-state index contributed by atoms with van der Waals surface area (Å²) in [5.74, 6) is 0.512. The van der Waals surface area contributed by atoms with Gasteiger partial charge in [0.1, 0.15) is 5.75 Å². The van der Waals surface area contributed by atoms with Crippen molar-refractivity contribution in [3.8, 4) is 5.75 Å². The molecule has 1 amide bonds. The molecule has 0 saturated heterocycles. The van der Waals surface area contributed by atoms with E-state index in [1.165, 1.54) is 0 Å². The lowest BCUT2D eigenvalue weighted by Gasteiger charge is -2.14. The number of benzene rings is 2. The van der Waals surface area contributed by atoms with Crippen LogP contribution in [-0.2, 0) is 0 Å². The molecule has 6 heteroatoms. The first-order valence-corrected chi connectivity index (χ1v) is 8.19. The average molecular weight is 339 g/mol. The molecular weight excluding hydrogens is 318 g/mol. The van der Waals surface area contributed by atoms with Crippen molar-refractivity contribution in [3.05, 3.63) is 59.9 Å². The Balaban J connectivity index is 1.59. The van der Waals surface area contributed by atoms with E-state index in [0.29, 0.717) is 5.56 Å². The Morgan fingerprint density at radius 1 is 1.24 bits per heavy atom. The van der Waals surface area contributed by atoms with Gasteiger partial charge in [-0.05, 0) is 49.7 Å². The van der Waals surface area contributed by atoms with Crippen molar-refractivity contribution in [1.82, 2.24) is 15.3 Å². The van der Waals surface area contributed by atoms with E-state index in [1.54, 1.807) is 36.7 Å². The van der Waals surface area contributed by atoms with Gasteiger partial charge in [0.25, 0.3) is 5.91 Å². The predicted molar refractivity (Wildman–Crippen MR) is 95.6 cm³/mol. The molecule has 0 aliphatic carbocycles. The number of nitrogens with zero attached hydrogens (tertiary/aromatic N) is 1. The number of aromatic amines is 1. The lowest BCUT2D eigenvalue weighted by molar-refractivity contribution is 0.0916. The molecule has 1 aromatic heterocycles. The Kier molecular flexibility index (Phi) is 5.00. The zero-order valence-electron chi connectivity index (χ0n) is 14.2. The van der Waals surface area contributed by atoms with Crippen molar-refractivity contribution in [1.29, 1.82) is 0 Å². The number of carbonyl (C=O) groups is 1. The van der Waals surface area contributed by atoms with Crippen LogP contribution in [0.5, 0.6) is 5.75 Å². The molecule has 1 atom stereocenters. The summed E-state index contributed by atoms with van der Waals surface area (Å²) in [6, 6.07) is 12.4. The fourth-order valence-electron chi connectivity index (χ4n) is 2.53. The number of ether oxygens (including phenoxy) is 1. The van der Waals surface area contributed by atoms with Crippen molar-refractivity contribution in [3.63, 3.8) is 0 Å². The molecule has 0 saturated carbocycles. The van der Waals surface area contributed by atoms with E-state index in [2.05, 4.69) is 15.3 Å². The van der Waals surface area contributed by atoms with Gasteiger partial charge in [-0.3, -0.25) is 4.79 Å². The maximum atomic E-state index is 12.2. The van der Waals surface area contributed by atoms with Crippen LogP contribution in [-0.4, -0.2) is 33.6 Å². The minimum absolute atomic E-state index is 0.0993. The standard InChI is InChI=1S/C19H21N3O3/c1-12(2)25-15-6-3-13(4-7-15)18(23)10-20-19(24)14-5-8-16-17(9-14)22-11-21-16/h3-9,11-12,18,23H,10H2,1-2H3,(H,20,24)(H,21,22). The molecule has 6 nitrogen and oxygen atoms in total. The summed E-state index contributed by atoms with van der Waals surface area (Å²) in [5.41, 5.74) is 2.85. The second-order valence-electron chi connectivity index (χ2n) is 6.10. The van der Waals surface area contributed by atoms with E-state index in [-0.39, 0.29) is 18.6 Å². The van der Waals surface area contributed by atoms with Crippen LogP contribution in [0.25, 0.3) is 11.0 Å². The third-order valence-corrected chi connectivity index (χ3v) is 3.78. The molecule has 0 radical (unpaired) electrons. The van der Waals surface area contributed by atoms with Crippen LogP contribution in [0.3, 0.4) is 0 Å². The van der Waals surface area contributed by atoms with Crippen molar-refractivity contribution in [2.75, 3.05) is 6.54 Å². The van der Waals surface area contributed by atoms with Crippen molar-refractivity contribution in [2.45, 2.75) is 26.1 Å². The highest BCUT2D eigenvalue weighted by Gasteiger charge is 2.12. The van der Waals surface area contributed by atoms with Gasteiger partial charge in [-0.2, -0.15) is 0 Å². The molecule has 3 N–H and O–H groups in total. The number of fused-ring (bicyclic) bond motifs is 1. The first-order valence-electron chi connectivity index (χ1n) is 8.19. The van der Waals surface area contributed by atoms with E-state index in [4.69, 9.17) is 4.74 Å². The van der Waals surface area contributed by atoms with E-state index >= 15 is 0 Å². The van der Waals surface area contributed by atoms with Gasteiger partial charge in [0.2, 0.25) is 0 Å². The van der Waals surface area contributed by atoms with Gasteiger partial charge >= 0.3 is 0 Å². The van der Waals surface area contributed by atoms with Crippen molar-refractivity contribution >= 4 is 16.9 Å². The van der Waals surface area contributed by atoms with Crippen LogP contribution >= 0.6 is 0 Å². The smallest absolute Gasteiger partial charge is 0.251 e. The SMILES string of the molecule is CC(C)Oc1ccc(C(O)CNC(=O)c2ccc3nc[nH]c3c2)cc1. The zero-order valence-corrected chi connectivity index (χ0v) is 14.2. The zero-order chi connectivity index (χ0) is 17.8. The molecule has 0 spiro atoms. The number of hydrogen-bond donors (Lipinski definition) is 3. The van der Waals surface area contributed by atoms with Crippen LogP contribution in [0, 0.1) is 0 Å². The third-order valence-electron chi connectivity index (χ3n) is 3.78. The van der Waals surface area contributed by atoms with Crippen LogP contribution in [0.15, 0.2) is 48.8 Å². The number of aliphatic hydroxyl groups is 1. The number of aromatic nitrogens is 2. The summed E-state index contributed by atoms with van der Waals surface area (Å²) in [6.45, 7) is 4.04. The van der Waals surface area contributed by atoms with E-state index in [0.717, 1.165) is 22.3 Å². The lowest BCUT2D eigenvalue weighted by Crippen LogP contribution is -2.28. The van der Waals surface area contributed by atoms with Crippen LogP contribution < -0.4 is 10.1 Å². The van der Waals surface area contributed by atoms with Crippen molar-refractivity contribution < 1.29 is 14.6 Å². The molecular formula is C19H21N3O3. The predicted octanol–water partition coefficient (Wildman–Crippen LogP) is 2.81. The second-order valence-corrected chi connectivity index (χ2v) is 6.10. The highest BCUT2D eigenvalue weighted by molar-refractivity contribution is 5.97. The minimum atomic E-state index is -0.784. The molecule has 25 heavy (non-hydrogen) atoms. The quantitative estimate of drug-likeness (QED) is 0.644. The fraction of sp³-hybridized carbons (Fsp3) is 0.263. The first kappa shape index (κ1) is 17.0. The monoisotopic (exact) mass is 339 g/mol. The molecule has 3 aromatic rings. The van der Waals surface area contributed by atoms with E-state index in [1.807, 2.05) is 26.0 Å². The maximum Gasteiger partial charge on any atom is 0.251 e. The van der Waals surface area contributed by atoms with Gasteiger partial charge in [0.05, 0.1) is 29.6 Å². The molecule has 0 bridgehead atoms. The minimum Gasteiger partial charge on any atom is -0.491 e. The molecule has 0 fully saturated rings. The van der Waals surface area contributed by atoms with Gasteiger partial charge < -0.3 is 20.1 Å². The summed E-state index contributed by atoms with van der Waals surface area (Å²) in [5, 5.41) is 13.0. The highest BCUT2D eigenvalue weighted by atomic mass is 16.5. The molecule has 1 heterocycles. The summed E-state index contributed by atoms with van der Waals surface area (Å²) in [7, 11) is 0. The number of H-pyrrole nitrogens is 1. The van der Waals surface area contributed by atoms with Gasteiger partial charge in [-0.1, -0.05) is 12.1 Å². The Bertz CT molecular complexity index is 856. The molecule has 0 aliphatic rings. The second kappa shape index (κ2) is 7.36. The Morgan fingerprint density at radius 2 is 2.00 bits per heavy atom. The molecule has 2 aromatic carbocycles. The van der Waals surface area contributed by atoms with Crippen LogP contribution in [0.1, 0.15) is 35.9 Å². The molecule has 130 valence electrons. The molecule has 0 aliphatic heterocycles. The van der Waals surface area contributed by atoms with Crippen molar-refractivity contribution in [2.24, 2.45) is 0 Å². The molecule has 3 rings (SSSR count). The number of carbonyl (C=O) groups excluding carboxylic acids is 1. The number of amides is 1. The fourth-order valence-corrected chi connectivity index (χ4v) is 2.53. The Hall–Kier alpha value is -2.86. The average Bonchev–Trinajstić information content (AvgIpc) is 3.07. The maximum absolute atomic E-state index is 12.2. The van der Waals surface area contributed by atoms with Gasteiger partial charge in [-0.25, -0.2) is 4.98 Å². The lowest BCUT2D eigenvalue weighted by atomic mass is 10.1. The number of nitrogens with one attached hydrogen (secondary N) is 2. The number of hydrogen-bond acceptors (Lipinski definition) is 4. The summed E-state index contributed by atoms with van der Waals surface area (Å²) in [4.78, 5) is 19.3. The molecule has 1 unspecified atom stereocenters. The number of imidazole rings is 1. The van der Waals surface area contributed by atoms with Crippen LogP contribution in [0.4, 0.5) is 0 Å². The van der Waals surface area contributed by atoms with E-state index in [9.17, 15) is 9.90 Å². The normalized spacial score (nSPS) is 12.3. The van der Waals surface area contributed by atoms with Gasteiger partial charge in [-0.15, -0.1) is 0 Å². The largest absolute Gasteiger partial charge is 0.491 e.